The second-order valence-electron chi connectivity index (χ2n) is 4.86. The van der Waals surface area contributed by atoms with E-state index in [0.29, 0.717) is 22.5 Å². The van der Waals surface area contributed by atoms with E-state index in [1.807, 2.05) is 13.8 Å². The number of ether oxygens (including phenoxy) is 2. The molecule has 0 aliphatic carbocycles. The molecule has 0 amide bonds. The van der Waals surface area contributed by atoms with Crippen molar-refractivity contribution in [3.8, 4) is 0 Å². The first-order chi connectivity index (χ1) is 9.31. The topological polar surface area (TPSA) is 52.6 Å². The SMILES string of the molecule is C=C1/C=C\C(OC(C)C)=C(\C(C)=O)COC(=O)/C=C\1C. The molecular weight excluding hydrogens is 256 g/mol. The maximum absolute atomic E-state index is 11.7. The molecular formula is C16H20O4. The first-order valence-electron chi connectivity index (χ1n) is 6.44. The fourth-order valence-corrected chi connectivity index (χ4v) is 1.57. The number of hydrogen-bond donors (Lipinski definition) is 0. The number of cyclic esters (lactones) is 1. The predicted molar refractivity (Wildman–Crippen MR) is 76.9 cm³/mol. The van der Waals surface area contributed by atoms with Gasteiger partial charge in [0.25, 0.3) is 0 Å². The second kappa shape index (κ2) is 6.89. The van der Waals surface area contributed by atoms with Crippen molar-refractivity contribution in [3.63, 3.8) is 0 Å². The molecule has 0 aromatic rings. The van der Waals surface area contributed by atoms with E-state index in [-0.39, 0.29) is 18.5 Å². The highest BCUT2D eigenvalue weighted by molar-refractivity contribution is 5.95. The summed E-state index contributed by atoms with van der Waals surface area (Å²) in [4.78, 5) is 23.3. The number of Topliss-reactive ketones (excluding diaryl/α,β-unsaturated/α-hetero) is 1. The van der Waals surface area contributed by atoms with Gasteiger partial charge < -0.3 is 9.47 Å². The summed E-state index contributed by atoms with van der Waals surface area (Å²) in [6.45, 7) is 10.7. The van der Waals surface area contributed by atoms with Crippen molar-refractivity contribution < 1.29 is 19.1 Å². The number of rotatable bonds is 3. The van der Waals surface area contributed by atoms with Gasteiger partial charge in [-0.2, -0.15) is 0 Å². The Morgan fingerprint density at radius 3 is 2.60 bits per heavy atom. The molecule has 0 N–H and O–H groups in total. The quantitative estimate of drug-likeness (QED) is 0.744. The zero-order valence-corrected chi connectivity index (χ0v) is 12.4. The molecule has 1 rings (SSSR count). The normalized spacial score (nSPS) is 24.8. The van der Waals surface area contributed by atoms with E-state index in [1.54, 1.807) is 19.1 Å². The number of allylic oxidation sites excluding steroid dienone is 4. The predicted octanol–water partition coefficient (Wildman–Crippen LogP) is 2.87. The summed E-state index contributed by atoms with van der Waals surface area (Å²) >= 11 is 0. The number of ketones is 1. The Labute approximate surface area is 119 Å². The Hall–Kier alpha value is -2.10. The lowest BCUT2D eigenvalue weighted by atomic mass is 10.1. The molecule has 0 aromatic carbocycles. The zero-order chi connectivity index (χ0) is 15.3. The van der Waals surface area contributed by atoms with Crippen molar-refractivity contribution in [3.05, 3.63) is 47.3 Å². The van der Waals surface area contributed by atoms with Crippen LogP contribution in [0, 0.1) is 0 Å². The van der Waals surface area contributed by atoms with Crippen molar-refractivity contribution in [2.45, 2.75) is 33.8 Å². The van der Waals surface area contributed by atoms with Crippen LogP contribution in [0.5, 0.6) is 0 Å². The summed E-state index contributed by atoms with van der Waals surface area (Å²) in [6.07, 6.45) is 4.69. The van der Waals surface area contributed by atoms with E-state index in [2.05, 4.69) is 6.58 Å². The third-order valence-corrected chi connectivity index (χ3v) is 2.72. The zero-order valence-electron chi connectivity index (χ0n) is 12.4. The van der Waals surface area contributed by atoms with Crippen molar-refractivity contribution in [1.82, 2.24) is 0 Å². The third-order valence-electron chi connectivity index (χ3n) is 2.72. The van der Waals surface area contributed by atoms with Crippen LogP contribution in [0.1, 0.15) is 27.7 Å². The van der Waals surface area contributed by atoms with Crippen molar-refractivity contribution in [2.24, 2.45) is 0 Å². The molecule has 0 saturated carbocycles. The van der Waals surface area contributed by atoms with Crippen molar-refractivity contribution in [1.29, 1.82) is 0 Å². The molecule has 4 nitrogen and oxygen atoms in total. The molecule has 0 fully saturated rings. The van der Waals surface area contributed by atoms with Crippen LogP contribution in [0.2, 0.25) is 0 Å². The molecule has 0 radical (unpaired) electrons. The number of esters is 1. The fourth-order valence-electron chi connectivity index (χ4n) is 1.57. The van der Waals surface area contributed by atoms with E-state index in [9.17, 15) is 9.59 Å². The van der Waals surface area contributed by atoms with Gasteiger partial charge in [0.15, 0.2) is 5.78 Å². The largest absolute Gasteiger partial charge is 0.490 e. The Morgan fingerprint density at radius 1 is 1.40 bits per heavy atom. The van der Waals surface area contributed by atoms with Gasteiger partial charge in [0.05, 0.1) is 11.7 Å². The standard InChI is InChI=1S/C16H20O4/c1-10(2)20-15-7-6-11(3)12(4)8-16(18)19-9-14(15)13(5)17/h6-8,10H,3,9H2,1-2,4-5H3/b7-6-,12-8-,15-14-. The molecule has 20 heavy (non-hydrogen) atoms. The van der Waals surface area contributed by atoms with Crippen LogP contribution in [-0.4, -0.2) is 24.5 Å². The van der Waals surface area contributed by atoms with E-state index < -0.39 is 5.97 Å². The third kappa shape index (κ3) is 4.53. The Kier molecular flexibility index (Phi) is 5.50. The highest BCUT2D eigenvalue weighted by Crippen LogP contribution is 2.18. The lowest BCUT2D eigenvalue weighted by Crippen LogP contribution is -2.15. The highest BCUT2D eigenvalue weighted by atomic mass is 16.5. The molecule has 108 valence electrons. The molecule has 0 aromatic heterocycles. The first-order valence-corrected chi connectivity index (χ1v) is 6.44. The summed E-state index contributed by atoms with van der Waals surface area (Å²) in [7, 11) is 0. The van der Waals surface area contributed by atoms with E-state index >= 15 is 0 Å². The summed E-state index contributed by atoms with van der Waals surface area (Å²) < 4.78 is 10.7. The van der Waals surface area contributed by atoms with E-state index in [0.717, 1.165) is 0 Å². The summed E-state index contributed by atoms with van der Waals surface area (Å²) in [5, 5.41) is 0. The van der Waals surface area contributed by atoms with Crippen LogP contribution in [0.15, 0.2) is 47.3 Å². The van der Waals surface area contributed by atoms with Gasteiger partial charge >= 0.3 is 5.97 Å². The van der Waals surface area contributed by atoms with Gasteiger partial charge in [-0.15, -0.1) is 0 Å². The number of carbonyl (C=O) groups is 2. The number of hydrogen-bond acceptors (Lipinski definition) is 4. The minimum atomic E-state index is -0.499. The summed E-state index contributed by atoms with van der Waals surface area (Å²) in [5.74, 6) is -0.275. The van der Waals surface area contributed by atoms with Crippen molar-refractivity contribution >= 4 is 11.8 Å². The molecule has 0 bridgehead atoms. The average Bonchev–Trinajstić information content (AvgIpc) is 2.33. The Balaban J connectivity index is 3.27. The van der Waals surface area contributed by atoms with E-state index in [4.69, 9.17) is 9.47 Å². The molecule has 0 saturated heterocycles. The molecule has 4 heteroatoms. The van der Waals surface area contributed by atoms with Crippen LogP contribution < -0.4 is 0 Å². The van der Waals surface area contributed by atoms with Crippen LogP contribution >= 0.6 is 0 Å². The van der Waals surface area contributed by atoms with Gasteiger partial charge in [0.2, 0.25) is 0 Å². The number of carbonyl (C=O) groups excluding carboxylic acids is 2. The average molecular weight is 276 g/mol. The summed E-state index contributed by atoms with van der Waals surface area (Å²) in [5.41, 5.74) is 1.71. The van der Waals surface area contributed by atoms with Gasteiger partial charge in [-0.1, -0.05) is 12.7 Å². The minimum Gasteiger partial charge on any atom is -0.490 e. The van der Waals surface area contributed by atoms with Crippen molar-refractivity contribution in [2.75, 3.05) is 6.61 Å². The summed E-state index contributed by atoms with van der Waals surface area (Å²) in [6, 6.07) is 0. The molecule has 0 unspecified atom stereocenters. The first kappa shape index (κ1) is 16.0. The minimum absolute atomic E-state index is 0.0902. The highest BCUT2D eigenvalue weighted by Gasteiger charge is 2.16. The molecule has 0 spiro atoms. The van der Waals surface area contributed by atoms with Crippen LogP contribution in [-0.2, 0) is 19.1 Å². The maximum atomic E-state index is 11.7. The van der Waals surface area contributed by atoms with Crippen LogP contribution in [0.25, 0.3) is 0 Å². The lowest BCUT2D eigenvalue weighted by molar-refractivity contribution is -0.137. The van der Waals surface area contributed by atoms with Crippen LogP contribution in [0.3, 0.4) is 0 Å². The molecule has 1 aliphatic heterocycles. The molecule has 1 heterocycles. The van der Waals surface area contributed by atoms with Crippen LogP contribution in [0.4, 0.5) is 0 Å². The Morgan fingerprint density at radius 2 is 2.05 bits per heavy atom. The van der Waals surface area contributed by atoms with Gasteiger partial charge in [-0.3, -0.25) is 4.79 Å². The second-order valence-corrected chi connectivity index (χ2v) is 4.86. The smallest absolute Gasteiger partial charge is 0.331 e. The van der Waals surface area contributed by atoms with Gasteiger partial charge in [-0.25, -0.2) is 4.79 Å². The monoisotopic (exact) mass is 276 g/mol. The van der Waals surface area contributed by atoms with Gasteiger partial charge in [0.1, 0.15) is 12.4 Å². The molecule has 0 atom stereocenters. The fraction of sp³-hybridized carbons (Fsp3) is 0.375. The van der Waals surface area contributed by atoms with Gasteiger partial charge in [-0.05, 0) is 44.9 Å². The lowest BCUT2D eigenvalue weighted by Gasteiger charge is -2.16. The van der Waals surface area contributed by atoms with Gasteiger partial charge in [0, 0.05) is 6.08 Å². The maximum Gasteiger partial charge on any atom is 0.331 e. The molecule has 1 aliphatic rings. The Bertz CT molecular complexity index is 519. The van der Waals surface area contributed by atoms with E-state index in [1.165, 1.54) is 13.0 Å².